The molecule has 1 N–H and O–H groups in total. The van der Waals surface area contributed by atoms with E-state index < -0.39 is 6.10 Å². The highest BCUT2D eigenvalue weighted by molar-refractivity contribution is 5.98. The zero-order chi connectivity index (χ0) is 19.4. The third kappa shape index (κ3) is 2.36. The fourth-order valence-electron chi connectivity index (χ4n) is 4.56. The molecule has 1 unspecified atom stereocenters. The van der Waals surface area contributed by atoms with E-state index in [-0.39, 0.29) is 18.8 Å². The van der Waals surface area contributed by atoms with Crippen LogP contribution in [0.4, 0.5) is 0 Å². The second-order valence-corrected chi connectivity index (χ2v) is 7.32. The lowest BCUT2D eigenvalue weighted by Gasteiger charge is -2.34. The Labute approximate surface area is 162 Å². The number of hydrogen-bond acceptors (Lipinski definition) is 6. The predicted octanol–water partition coefficient (Wildman–Crippen LogP) is 1.46. The van der Waals surface area contributed by atoms with Gasteiger partial charge in [0.25, 0.3) is 0 Å². The summed E-state index contributed by atoms with van der Waals surface area (Å²) in [6.07, 6.45) is 0.537. The number of carbonyl (C=O) groups is 1. The molecule has 0 aliphatic carbocycles. The number of quaternary nitrogens is 1. The summed E-state index contributed by atoms with van der Waals surface area (Å²) in [4.78, 5) is 14.0. The predicted molar refractivity (Wildman–Crippen MR) is 98.5 cm³/mol. The van der Waals surface area contributed by atoms with Crippen molar-refractivity contribution in [2.45, 2.75) is 18.6 Å². The molecule has 3 heterocycles. The van der Waals surface area contributed by atoms with Crippen LogP contribution in [0.25, 0.3) is 0 Å². The first kappa shape index (κ1) is 17.2. The molecule has 0 fully saturated rings. The molecule has 2 aromatic carbocycles. The molecule has 0 radical (unpaired) electrons. The van der Waals surface area contributed by atoms with E-state index in [0.717, 1.165) is 35.6 Å². The number of fused-ring (bicyclic) bond motifs is 3. The Morgan fingerprint density at radius 2 is 1.86 bits per heavy atom. The minimum atomic E-state index is -0.401. The number of hydrogen-bond donors (Lipinski definition) is 1. The highest BCUT2D eigenvalue weighted by Gasteiger charge is 2.46. The number of esters is 1. The fraction of sp³-hybridized carbons (Fsp3) is 0.381. The molecular weight excluding hydrogens is 362 g/mol. The summed E-state index contributed by atoms with van der Waals surface area (Å²) in [7, 11) is 5.22. The number of nitrogens with one attached hydrogen (secondary N) is 1. The van der Waals surface area contributed by atoms with Gasteiger partial charge in [-0.1, -0.05) is 6.07 Å². The average molecular weight is 384 g/mol. The van der Waals surface area contributed by atoms with E-state index in [1.54, 1.807) is 7.11 Å². The van der Waals surface area contributed by atoms with Gasteiger partial charge in [0.15, 0.2) is 35.1 Å². The minimum Gasteiger partial charge on any atom is -0.493 e. The van der Waals surface area contributed by atoms with Gasteiger partial charge in [-0.2, -0.15) is 0 Å². The van der Waals surface area contributed by atoms with Crippen molar-refractivity contribution >= 4 is 5.97 Å². The zero-order valence-corrected chi connectivity index (χ0v) is 16.0. The van der Waals surface area contributed by atoms with Gasteiger partial charge >= 0.3 is 5.97 Å². The van der Waals surface area contributed by atoms with Crippen molar-refractivity contribution in [2.24, 2.45) is 0 Å². The van der Waals surface area contributed by atoms with Crippen LogP contribution < -0.4 is 23.8 Å². The Balaban J connectivity index is 1.63. The standard InChI is InChI=1S/C21H21NO6/c1-22-7-6-11-8-15-16(27-10-26-15)9-13(11)18(22)19-12-4-5-14(24-2)20(25-3)17(12)21(23)28-19/h4-5,8-9,18-19H,6-7,10H2,1-3H3/p+1/t18-,19-/m1/s1. The number of carbonyl (C=O) groups excluding carboxylic acids is 1. The van der Waals surface area contributed by atoms with E-state index >= 15 is 0 Å². The van der Waals surface area contributed by atoms with E-state index in [1.807, 2.05) is 18.2 Å². The highest BCUT2D eigenvalue weighted by Crippen LogP contribution is 2.47. The van der Waals surface area contributed by atoms with Crippen molar-refractivity contribution in [1.29, 1.82) is 0 Å². The molecular formula is C21H22NO6+. The normalized spacial score (nSPS) is 24.4. The van der Waals surface area contributed by atoms with E-state index in [1.165, 1.54) is 17.6 Å². The zero-order valence-electron chi connectivity index (χ0n) is 16.0. The minimum absolute atomic E-state index is 0.0402. The van der Waals surface area contributed by atoms with Crippen molar-refractivity contribution in [1.82, 2.24) is 0 Å². The molecule has 146 valence electrons. The van der Waals surface area contributed by atoms with Crippen LogP contribution in [0, 0.1) is 0 Å². The topological polar surface area (TPSA) is 67.7 Å². The van der Waals surface area contributed by atoms with E-state index in [2.05, 4.69) is 13.1 Å². The van der Waals surface area contributed by atoms with E-state index in [4.69, 9.17) is 23.7 Å². The SMILES string of the molecule is COc1ccc2c(c1OC)C(=O)O[C@H]2[C@H]1c2cc3c(cc2CC[NH+]1C)OCO3. The van der Waals surface area contributed by atoms with E-state index in [0.29, 0.717) is 17.1 Å². The second-order valence-electron chi connectivity index (χ2n) is 7.32. The van der Waals surface area contributed by atoms with Crippen molar-refractivity contribution in [3.05, 3.63) is 46.5 Å². The summed E-state index contributed by atoms with van der Waals surface area (Å²) >= 11 is 0. The number of cyclic esters (lactones) is 1. The molecule has 3 aliphatic rings. The van der Waals surface area contributed by atoms with E-state index in [9.17, 15) is 4.79 Å². The molecule has 0 spiro atoms. The molecule has 7 nitrogen and oxygen atoms in total. The maximum Gasteiger partial charge on any atom is 0.343 e. The average Bonchev–Trinajstić information content (AvgIpc) is 3.29. The third-order valence-corrected chi connectivity index (χ3v) is 5.91. The molecule has 0 aromatic heterocycles. The largest absolute Gasteiger partial charge is 0.493 e. The molecule has 0 saturated heterocycles. The van der Waals surface area contributed by atoms with Gasteiger partial charge in [-0.05, 0) is 23.8 Å². The Morgan fingerprint density at radius 1 is 1.07 bits per heavy atom. The van der Waals surface area contributed by atoms with Crippen LogP contribution in [0.5, 0.6) is 23.0 Å². The molecule has 7 heteroatoms. The summed E-state index contributed by atoms with van der Waals surface area (Å²) in [5, 5.41) is 0. The molecule has 3 aliphatic heterocycles. The number of benzene rings is 2. The Hall–Kier alpha value is -2.93. The maximum atomic E-state index is 12.8. The number of methoxy groups -OCH3 is 2. The highest BCUT2D eigenvalue weighted by atomic mass is 16.7. The second kappa shape index (κ2) is 6.31. The fourth-order valence-corrected chi connectivity index (χ4v) is 4.56. The number of likely N-dealkylation sites (N-methyl/N-ethyl adjacent to an activating group) is 1. The van der Waals surface area contributed by atoms with Gasteiger partial charge in [0.05, 0.1) is 27.8 Å². The van der Waals surface area contributed by atoms with Crippen LogP contribution in [-0.2, 0) is 11.2 Å². The van der Waals surface area contributed by atoms with Crippen LogP contribution in [0.15, 0.2) is 24.3 Å². The molecule has 2 aromatic rings. The van der Waals surface area contributed by atoms with Gasteiger partial charge in [0.2, 0.25) is 6.79 Å². The van der Waals surface area contributed by atoms with Crippen molar-refractivity contribution in [2.75, 3.05) is 34.6 Å². The quantitative estimate of drug-likeness (QED) is 0.809. The van der Waals surface area contributed by atoms with Crippen LogP contribution in [0.1, 0.15) is 39.2 Å². The van der Waals surface area contributed by atoms with Gasteiger partial charge in [0.1, 0.15) is 5.56 Å². The lowest BCUT2D eigenvalue weighted by atomic mass is 9.86. The van der Waals surface area contributed by atoms with Crippen LogP contribution in [0.3, 0.4) is 0 Å². The summed E-state index contributed by atoms with van der Waals surface area (Å²) in [6, 6.07) is 7.79. The van der Waals surface area contributed by atoms with Gasteiger partial charge in [0, 0.05) is 17.5 Å². The molecule has 28 heavy (non-hydrogen) atoms. The third-order valence-electron chi connectivity index (χ3n) is 5.91. The summed E-state index contributed by atoms with van der Waals surface area (Å²) < 4.78 is 27.8. The van der Waals surface area contributed by atoms with Gasteiger partial charge in [-0.15, -0.1) is 0 Å². The van der Waals surface area contributed by atoms with Crippen molar-refractivity contribution in [3.8, 4) is 23.0 Å². The molecule has 3 atom stereocenters. The molecule has 0 amide bonds. The first-order valence-corrected chi connectivity index (χ1v) is 9.33. The van der Waals surface area contributed by atoms with Crippen molar-refractivity contribution < 1.29 is 33.4 Å². The summed E-state index contributed by atoms with van der Waals surface area (Å²) in [5.74, 6) is 2.10. The van der Waals surface area contributed by atoms with Crippen LogP contribution in [0.2, 0.25) is 0 Å². The molecule has 0 saturated carbocycles. The van der Waals surface area contributed by atoms with Gasteiger partial charge in [-0.25, -0.2) is 4.79 Å². The first-order chi connectivity index (χ1) is 13.6. The Bertz CT molecular complexity index is 972. The Morgan fingerprint density at radius 3 is 2.61 bits per heavy atom. The molecule has 0 bridgehead atoms. The van der Waals surface area contributed by atoms with Crippen molar-refractivity contribution in [3.63, 3.8) is 0 Å². The smallest absolute Gasteiger partial charge is 0.343 e. The maximum absolute atomic E-state index is 12.8. The molecule has 5 rings (SSSR count). The van der Waals surface area contributed by atoms with Crippen LogP contribution >= 0.6 is 0 Å². The Kier molecular flexibility index (Phi) is 3.87. The number of rotatable bonds is 3. The summed E-state index contributed by atoms with van der Waals surface area (Å²) in [5.41, 5.74) is 3.63. The monoisotopic (exact) mass is 384 g/mol. The lowest BCUT2D eigenvalue weighted by Crippen LogP contribution is -3.11. The van der Waals surface area contributed by atoms with Gasteiger partial charge < -0.3 is 28.6 Å². The lowest BCUT2D eigenvalue weighted by molar-refractivity contribution is -0.919. The van der Waals surface area contributed by atoms with Gasteiger partial charge in [-0.3, -0.25) is 0 Å². The first-order valence-electron chi connectivity index (χ1n) is 9.33. The number of ether oxygens (including phenoxy) is 5. The van der Waals surface area contributed by atoms with Crippen LogP contribution in [-0.4, -0.2) is 40.6 Å². The summed E-state index contributed by atoms with van der Waals surface area (Å²) in [6.45, 7) is 1.18.